The minimum absolute atomic E-state index is 0.0330. The highest BCUT2D eigenvalue weighted by Crippen LogP contribution is 2.65. The Hall–Kier alpha value is -3.38. The first-order valence-electron chi connectivity index (χ1n) is 14.3. The fourth-order valence-electron chi connectivity index (χ4n) is 5.33. The van der Waals surface area contributed by atoms with Gasteiger partial charge in [-0.3, -0.25) is 18.9 Å². The van der Waals surface area contributed by atoms with Gasteiger partial charge in [-0.15, -0.1) is 0 Å². The zero-order valence-electron chi connectivity index (χ0n) is 25.5. The Morgan fingerprint density at radius 3 is 1.98 bits per heavy atom. The van der Waals surface area contributed by atoms with Crippen LogP contribution in [-0.2, 0) is 19.6 Å². The van der Waals surface area contributed by atoms with Gasteiger partial charge in [-0.2, -0.15) is 0 Å². The molecule has 1 fully saturated rings. The van der Waals surface area contributed by atoms with Crippen molar-refractivity contribution in [3.05, 3.63) is 129 Å². The number of hydrogen-bond donors (Lipinski definition) is 1. The molecule has 1 N–H and O–H groups in total. The molecule has 5 atom stereocenters. The molecule has 1 aliphatic heterocycles. The van der Waals surface area contributed by atoms with Crippen LogP contribution in [0.1, 0.15) is 22.9 Å². The second kappa shape index (κ2) is 14.2. The van der Waals surface area contributed by atoms with E-state index in [4.69, 9.17) is 30.2 Å². The van der Waals surface area contributed by atoms with Crippen LogP contribution in [0, 0.1) is 0 Å². The lowest BCUT2D eigenvalue weighted by Crippen LogP contribution is -2.44. The molecule has 10 nitrogen and oxygen atoms in total. The van der Waals surface area contributed by atoms with E-state index >= 15 is 4.39 Å². The van der Waals surface area contributed by atoms with Gasteiger partial charge < -0.3 is 18.9 Å². The standard InChI is InChI=1S/C32H34ClFN3O7PS/c1-36(2)45(33,40)46-20-26-29(28(34)30(43-26)37-19-18-27(38)35-31(37)39)44-32(21-8-6-5-7-9-21,22-10-14-24(41-3)15-11-22)23-12-16-25(42-4)17-13-23/h5-19,26,28-30H,20H2,1-4H3,(H,35,38,39)/t26-,28-,29-,30-,45?/m1/s1. The van der Waals surface area contributed by atoms with Crippen LogP contribution in [0.4, 0.5) is 4.39 Å². The van der Waals surface area contributed by atoms with Gasteiger partial charge in [0.05, 0.1) is 20.3 Å². The summed E-state index contributed by atoms with van der Waals surface area (Å²) in [5.74, 6) is -2.20. The van der Waals surface area contributed by atoms with Gasteiger partial charge in [0.2, 0.25) is 0 Å². The topological polar surface area (TPSA) is 112 Å². The van der Waals surface area contributed by atoms with E-state index in [1.54, 1.807) is 52.6 Å². The molecule has 0 bridgehead atoms. The zero-order valence-corrected chi connectivity index (χ0v) is 28.0. The van der Waals surface area contributed by atoms with E-state index in [1.165, 1.54) is 10.9 Å². The number of aromatic nitrogens is 2. The molecular formula is C32H34ClFN3O7PS. The third kappa shape index (κ3) is 6.83. The number of ether oxygens (including phenoxy) is 4. The van der Waals surface area contributed by atoms with Crippen LogP contribution in [0.3, 0.4) is 0 Å². The molecule has 46 heavy (non-hydrogen) atoms. The fourth-order valence-corrected chi connectivity index (χ4v) is 8.36. The minimum atomic E-state index is -3.39. The fraction of sp³-hybridized carbons (Fsp3) is 0.312. The Bertz CT molecular complexity index is 1740. The molecule has 14 heteroatoms. The van der Waals surface area contributed by atoms with Crippen molar-refractivity contribution in [3.63, 3.8) is 0 Å². The lowest BCUT2D eigenvalue weighted by atomic mass is 9.79. The SMILES string of the molecule is COc1ccc(C(O[C@H]2[C@@H](F)[C@H](n3ccc(=O)[nH]c3=O)O[C@@H]2CSP(=O)(Cl)N(C)C)(c2ccccc2)c2ccc(OC)cc2)cc1. The number of nitrogens with one attached hydrogen (secondary N) is 1. The monoisotopic (exact) mass is 689 g/mol. The first-order chi connectivity index (χ1) is 22.0. The third-order valence-electron chi connectivity index (χ3n) is 7.75. The summed E-state index contributed by atoms with van der Waals surface area (Å²) in [5.41, 5.74) is -0.898. The second-order valence-electron chi connectivity index (χ2n) is 10.7. The van der Waals surface area contributed by atoms with Crippen molar-refractivity contribution < 1.29 is 27.9 Å². The van der Waals surface area contributed by atoms with Crippen molar-refractivity contribution in [2.24, 2.45) is 0 Å². The molecule has 1 saturated heterocycles. The Balaban J connectivity index is 1.69. The largest absolute Gasteiger partial charge is 0.497 e. The highest BCUT2D eigenvalue weighted by Gasteiger charge is 2.52. The van der Waals surface area contributed by atoms with Gasteiger partial charge in [-0.05, 0) is 66.3 Å². The van der Waals surface area contributed by atoms with Crippen LogP contribution >= 0.6 is 28.5 Å². The molecule has 3 aromatic carbocycles. The van der Waals surface area contributed by atoms with E-state index in [0.29, 0.717) is 28.2 Å². The van der Waals surface area contributed by atoms with Gasteiger partial charge >= 0.3 is 5.69 Å². The molecule has 0 amide bonds. The predicted molar refractivity (Wildman–Crippen MR) is 177 cm³/mol. The summed E-state index contributed by atoms with van der Waals surface area (Å²) in [6, 6.07) is 24.9. The Morgan fingerprint density at radius 1 is 0.935 bits per heavy atom. The maximum Gasteiger partial charge on any atom is 0.330 e. The first-order valence-corrected chi connectivity index (χ1v) is 18.4. The molecule has 244 valence electrons. The smallest absolute Gasteiger partial charge is 0.330 e. The van der Waals surface area contributed by atoms with Crippen molar-refractivity contribution in [1.29, 1.82) is 0 Å². The highest BCUT2D eigenvalue weighted by molar-refractivity contribution is 8.64. The van der Waals surface area contributed by atoms with E-state index in [1.807, 2.05) is 54.6 Å². The molecule has 0 radical (unpaired) electrons. The van der Waals surface area contributed by atoms with Gasteiger partial charge in [-0.1, -0.05) is 66.0 Å². The number of H-pyrrole nitrogens is 1. The second-order valence-corrected chi connectivity index (χ2v) is 17.2. The summed E-state index contributed by atoms with van der Waals surface area (Å²) in [6.45, 7) is 0. The van der Waals surface area contributed by atoms with Crippen LogP contribution in [0.5, 0.6) is 11.5 Å². The number of nitrogens with zero attached hydrogens (tertiary/aromatic N) is 2. The van der Waals surface area contributed by atoms with Crippen LogP contribution in [0.15, 0.2) is 101 Å². The highest BCUT2D eigenvalue weighted by atomic mass is 35.7. The number of methoxy groups -OCH3 is 2. The van der Waals surface area contributed by atoms with Crippen molar-refractivity contribution in [3.8, 4) is 11.5 Å². The average Bonchev–Trinajstić information content (AvgIpc) is 3.37. The quantitative estimate of drug-likeness (QED) is 0.146. The van der Waals surface area contributed by atoms with E-state index in [9.17, 15) is 14.2 Å². The van der Waals surface area contributed by atoms with Crippen LogP contribution in [0.25, 0.3) is 0 Å². The normalized spacial score (nSPS) is 21.2. The summed E-state index contributed by atoms with van der Waals surface area (Å²) in [6.07, 6.45) is -4.55. The van der Waals surface area contributed by atoms with Gasteiger partial charge in [0.25, 0.3) is 11.4 Å². The summed E-state index contributed by atoms with van der Waals surface area (Å²) < 4.78 is 56.4. The number of alkyl halides is 1. The Morgan fingerprint density at radius 2 is 1.48 bits per heavy atom. The van der Waals surface area contributed by atoms with Crippen molar-refractivity contribution in [1.82, 2.24) is 14.2 Å². The van der Waals surface area contributed by atoms with Crippen molar-refractivity contribution >= 4 is 28.5 Å². The van der Waals surface area contributed by atoms with Gasteiger partial charge in [0, 0.05) is 18.0 Å². The maximum absolute atomic E-state index is 16.9. The number of halogens is 2. The average molecular weight is 690 g/mol. The van der Waals surface area contributed by atoms with E-state index in [2.05, 4.69) is 4.98 Å². The van der Waals surface area contributed by atoms with Gasteiger partial charge in [0.15, 0.2) is 12.4 Å². The van der Waals surface area contributed by atoms with E-state index < -0.39 is 47.3 Å². The predicted octanol–water partition coefficient (Wildman–Crippen LogP) is 5.81. The lowest BCUT2D eigenvalue weighted by molar-refractivity contribution is -0.0875. The first kappa shape index (κ1) is 34.0. The molecule has 0 saturated carbocycles. The molecule has 1 aliphatic rings. The van der Waals surface area contributed by atoms with Crippen LogP contribution < -0.4 is 20.7 Å². The molecular weight excluding hydrogens is 656 g/mol. The van der Waals surface area contributed by atoms with Crippen LogP contribution in [0.2, 0.25) is 0 Å². The van der Waals surface area contributed by atoms with Gasteiger partial charge in [0.1, 0.15) is 23.2 Å². The zero-order chi connectivity index (χ0) is 33.1. The molecule has 1 aromatic heterocycles. The number of rotatable bonds is 12. The van der Waals surface area contributed by atoms with Crippen molar-refractivity contribution in [2.45, 2.75) is 30.2 Å². The number of aromatic amines is 1. The summed E-state index contributed by atoms with van der Waals surface area (Å²) in [5, 5.41) is 0. The van der Waals surface area contributed by atoms with E-state index in [-0.39, 0.29) is 5.75 Å². The molecule has 1 unspecified atom stereocenters. The van der Waals surface area contributed by atoms with E-state index in [0.717, 1.165) is 22.0 Å². The Kier molecular flexibility index (Phi) is 10.5. The molecule has 5 rings (SSSR count). The van der Waals surface area contributed by atoms with Gasteiger partial charge in [-0.25, -0.2) is 13.9 Å². The summed E-state index contributed by atoms with van der Waals surface area (Å²) >= 11 is 7.26. The maximum atomic E-state index is 16.9. The molecule has 0 spiro atoms. The lowest BCUT2D eigenvalue weighted by Gasteiger charge is -2.39. The minimum Gasteiger partial charge on any atom is -0.497 e. The number of benzene rings is 3. The Labute approximate surface area is 274 Å². The summed E-state index contributed by atoms with van der Waals surface area (Å²) in [4.78, 5) is 26.7. The summed E-state index contributed by atoms with van der Waals surface area (Å²) in [7, 11) is 6.29. The van der Waals surface area contributed by atoms with Crippen molar-refractivity contribution in [2.75, 3.05) is 34.1 Å². The molecule has 4 aromatic rings. The molecule has 2 heterocycles. The molecule has 0 aliphatic carbocycles. The number of hydrogen-bond acceptors (Lipinski definition) is 8. The van der Waals surface area contributed by atoms with Crippen LogP contribution in [-0.4, -0.2) is 66.7 Å². The third-order valence-corrected chi connectivity index (χ3v) is 13.7.